The molecule has 3 saturated carbocycles. The maximum Gasteiger partial charge on any atom is 0.333 e. The smallest absolute Gasteiger partial charge is 0.333 e. The third-order valence-electron chi connectivity index (χ3n) is 6.36. The van der Waals surface area contributed by atoms with Crippen LogP contribution in [0.3, 0.4) is 0 Å². The quantitative estimate of drug-likeness (QED) is 0.538. The minimum atomic E-state index is -0.162. The fourth-order valence-electron chi connectivity index (χ4n) is 5.18. The Morgan fingerprint density at radius 1 is 1.00 bits per heavy atom. The fraction of sp³-hybridized carbons (Fsp3) is 0.842. The summed E-state index contributed by atoms with van der Waals surface area (Å²) in [6, 6.07) is 0. The van der Waals surface area contributed by atoms with Gasteiger partial charge in [-0.1, -0.05) is 45.1 Å². The van der Waals surface area contributed by atoms with Crippen molar-refractivity contribution in [2.24, 2.45) is 17.8 Å². The van der Waals surface area contributed by atoms with Crippen LogP contribution in [-0.2, 0) is 9.53 Å². The lowest BCUT2D eigenvalue weighted by molar-refractivity contribution is -0.172. The van der Waals surface area contributed by atoms with Gasteiger partial charge in [0.25, 0.3) is 0 Å². The van der Waals surface area contributed by atoms with Gasteiger partial charge < -0.3 is 4.74 Å². The summed E-state index contributed by atoms with van der Waals surface area (Å²) in [6.45, 7) is 5.56. The van der Waals surface area contributed by atoms with Crippen LogP contribution in [0.2, 0.25) is 0 Å². The molecule has 0 amide bonds. The molecule has 0 aromatic carbocycles. The van der Waals surface area contributed by atoms with Crippen molar-refractivity contribution in [3.63, 3.8) is 0 Å². The molecule has 21 heavy (non-hydrogen) atoms. The average Bonchev–Trinajstić information content (AvgIpc) is 3.02. The van der Waals surface area contributed by atoms with Gasteiger partial charge >= 0.3 is 5.97 Å². The maximum atomic E-state index is 12.2. The molecule has 0 aromatic rings. The second-order valence-corrected chi connectivity index (χ2v) is 7.76. The van der Waals surface area contributed by atoms with E-state index in [1.807, 2.05) is 0 Å². The highest BCUT2D eigenvalue weighted by atomic mass is 16.6. The van der Waals surface area contributed by atoms with Crippen molar-refractivity contribution in [3.05, 3.63) is 12.2 Å². The average molecular weight is 290 g/mol. The third kappa shape index (κ3) is 3.05. The maximum absolute atomic E-state index is 12.2. The Morgan fingerprint density at radius 3 is 2.29 bits per heavy atom. The van der Waals surface area contributed by atoms with Crippen LogP contribution in [0.5, 0.6) is 0 Å². The van der Waals surface area contributed by atoms with E-state index in [-0.39, 0.29) is 11.6 Å². The summed E-state index contributed by atoms with van der Waals surface area (Å²) < 4.78 is 6.13. The third-order valence-corrected chi connectivity index (χ3v) is 6.36. The van der Waals surface area contributed by atoms with Gasteiger partial charge in [0.1, 0.15) is 5.60 Å². The van der Waals surface area contributed by atoms with Gasteiger partial charge in [0, 0.05) is 5.57 Å². The highest BCUT2D eigenvalue weighted by molar-refractivity contribution is 5.87. The summed E-state index contributed by atoms with van der Waals surface area (Å²) in [6.07, 6.45) is 14.1. The largest absolute Gasteiger partial charge is 0.455 e. The molecule has 0 heterocycles. The van der Waals surface area contributed by atoms with Crippen LogP contribution in [0, 0.1) is 17.8 Å². The predicted molar refractivity (Wildman–Crippen MR) is 84.9 cm³/mol. The van der Waals surface area contributed by atoms with Crippen LogP contribution < -0.4 is 0 Å². The van der Waals surface area contributed by atoms with E-state index in [0.29, 0.717) is 11.5 Å². The molecule has 0 bridgehead atoms. The lowest BCUT2D eigenvalue weighted by Gasteiger charge is -2.49. The minimum Gasteiger partial charge on any atom is -0.455 e. The van der Waals surface area contributed by atoms with Gasteiger partial charge in [-0.15, -0.1) is 0 Å². The molecule has 0 aromatic heterocycles. The Hall–Kier alpha value is -0.790. The predicted octanol–water partition coefficient (Wildman–Crippen LogP) is 5.03. The lowest BCUT2D eigenvalue weighted by Crippen LogP contribution is -2.48. The molecule has 3 aliphatic carbocycles. The molecule has 0 saturated heterocycles. The summed E-state index contributed by atoms with van der Waals surface area (Å²) in [7, 11) is 0. The van der Waals surface area contributed by atoms with Crippen LogP contribution in [0.25, 0.3) is 0 Å². The normalized spacial score (nSPS) is 37.0. The standard InChI is InChI=1S/C19H30O2/c1-14(2)18(20)21-19(17-9-5-6-10-17)12-11-15-7-3-4-8-16(15)13-19/h15-17H,1,3-13H2,2H3. The van der Waals surface area contributed by atoms with Gasteiger partial charge in [-0.25, -0.2) is 4.79 Å². The first-order valence-corrected chi connectivity index (χ1v) is 8.99. The second kappa shape index (κ2) is 6.14. The zero-order valence-corrected chi connectivity index (χ0v) is 13.5. The molecule has 0 spiro atoms. The summed E-state index contributed by atoms with van der Waals surface area (Å²) in [5, 5.41) is 0. The Morgan fingerprint density at radius 2 is 1.62 bits per heavy atom. The van der Waals surface area contributed by atoms with E-state index < -0.39 is 0 Å². The van der Waals surface area contributed by atoms with Gasteiger partial charge in [-0.2, -0.15) is 0 Å². The van der Waals surface area contributed by atoms with Crippen molar-refractivity contribution in [1.29, 1.82) is 0 Å². The number of carbonyl (C=O) groups excluding carboxylic acids is 1. The number of hydrogen-bond donors (Lipinski definition) is 0. The Kier molecular flexibility index (Phi) is 4.42. The van der Waals surface area contributed by atoms with E-state index in [1.54, 1.807) is 6.92 Å². The van der Waals surface area contributed by atoms with Crippen molar-refractivity contribution in [2.75, 3.05) is 0 Å². The molecule has 0 radical (unpaired) electrons. The first-order chi connectivity index (χ1) is 10.1. The van der Waals surface area contributed by atoms with Crippen LogP contribution in [-0.4, -0.2) is 11.6 Å². The van der Waals surface area contributed by atoms with Gasteiger partial charge in [-0.3, -0.25) is 0 Å². The minimum absolute atomic E-state index is 0.156. The van der Waals surface area contributed by atoms with E-state index in [9.17, 15) is 4.79 Å². The molecule has 0 aliphatic heterocycles. The molecule has 118 valence electrons. The van der Waals surface area contributed by atoms with E-state index in [4.69, 9.17) is 4.74 Å². The number of fused-ring (bicyclic) bond motifs is 1. The molecule has 3 fully saturated rings. The van der Waals surface area contributed by atoms with Gasteiger partial charge in [-0.05, 0) is 56.8 Å². The molecule has 3 atom stereocenters. The number of carbonyl (C=O) groups is 1. The van der Waals surface area contributed by atoms with Crippen LogP contribution in [0.1, 0.15) is 77.6 Å². The van der Waals surface area contributed by atoms with E-state index >= 15 is 0 Å². The molecule has 3 aliphatic rings. The van der Waals surface area contributed by atoms with Crippen molar-refractivity contribution < 1.29 is 9.53 Å². The zero-order valence-electron chi connectivity index (χ0n) is 13.5. The summed E-state index contributed by atoms with van der Waals surface area (Å²) in [5.74, 6) is 2.14. The van der Waals surface area contributed by atoms with Gasteiger partial charge in [0.2, 0.25) is 0 Å². The molecule has 3 rings (SSSR count). The van der Waals surface area contributed by atoms with Gasteiger partial charge in [0.15, 0.2) is 0 Å². The molecule has 0 N–H and O–H groups in total. The van der Waals surface area contributed by atoms with E-state index in [2.05, 4.69) is 6.58 Å². The lowest BCUT2D eigenvalue weighted by atomic mass is 9.62. The summed E-state index contributed by atoms with van der Waals surface area (Å²) in [5.41, 5.74) is 0.392. The first kappa shape index (κ1) is 15.1. The Balaban J connectivity index is 1.78. The summed E-state index contributed by atoms with van der Waals surface area (Å²) in [4.78, 5) is 12.2. The Labute approximate surface area is 129 Å². The molecule has 2 heteroatoms. The molecular weight excluding hydrogens is 260 g/mol. The molecular formula is C19H30O2. The summed E-state index contributed by atoms with van der Waals surface area (Å²) >= 11 is 0. The number of ether oxygens (including phenoxy) is 1. The first-order valence-electron chi connectivity index (χ1n) is 8.99. The zero-order chi connectivity index (χ0) is 14.9. The molecule has 2 nitrogen and oxygen atoms in total. The monoisotopic (exact) mass is 290 g/mol. The highest BCUT2D eigenvalue weighted by Crippen LogP contribution is 2.52. The van der Waals surface area contributed by atoms with Crippen molar-refractivity contribution >= 4 is 5.97 Å². The highest BCUT2D eigenvalue weighted by Gasteiger charge is 2.49. The SMILES string of the molecule is C=C(C)C(=O)OC1(C2CCCC2)CCC2CCCCC2C1. The molecule has 3 unspecified atom stereocenters. The van der Waals surface area contributed by atoms with Crippen molar-refractivity contribution in [2.45, 2.75) is 83.2 Å². The van der Waals surface area contributed by atoms with Crippen LogP contribution >= 0.6 is 0 Å². The van der Waals surface area contributed by atoms with Crippen LogP contribution in [0.15, 0.2) is 12.2 Å². The second-order valence-electron chi connectivity index (χ2n) is 7.76. The number of rotatable bonds is 3. The fourth-order valence-corrected chi connectivity index (χ4v) is 5.18. The Bertz CT molecular complexity index is 408. The van der Waals surface area contributed by atoms with Gasteiger partial charge in [0.05, 0.1) is 0 Å². The van der Waals surface area contributed by atoms with Crippen molar-refractivity contribution in [3.8, 4) is 0 Å². The van der Waals surface area contributed by atoms with Crippen molar-refractivity contribution in [1.82, 2.24) is 0 Å². The van der Waals surface area contributed by atoms with Crippen LogP contribution in [0.4, 0.5) is 0 Å². The topological polar surface area (TPSA) is 26.3 Å². The van der Waals surface area contributed by atoms with E-state index in [0.717, 1.165) is 24.7 Å². The number of hydrogen-bond acceptors (Lipinski definition) is 2. The number of esters is 1. The van der Waals surface area contributed by atoms with E-state index in [1.165, 1.54) is 57.8 Å².